The number of aryl methyl sites for hydroxylation is 1. The molecular weight excluding hydrogens is 472 g/mol. The molecule has 0 aromatic heterocycles. The van der Waals surface area contributed by atoms with Crippen LogP contribution in [-0.2, 0) is 21.2 Å². The summed E-state index contributed by atoms with van der Waals surface area (Å²) in [6.45, 7) is 3.88. The molecule has 8 heteroatoms. The minimum Gasteiger partial charge on any atom is -0.492 e. The second-order valence-electron chi connectivity index (χ2n) is 7.71. The Morgan fingerprint density at radius 3 is 2.29 bits per heavy atom. The number of sulfonamides is 1. The van der Waals surface area contributed by atoms with Gasteiger partial charge in [-0.15, -0.1) is 0 Å². The van der Waals surface area contributed by atoms with Crippen LogP contribution in [0.25, 0.3) is 0 Å². The van der Waals surface area contributed by atoms with Crippen LogP contribution in [-0.4, -0.2) is 27.5 Å². The normalized spacial score (nSPS) is 11.1. The van der Waals surface area contributed by atoms with E-state index < -0.39 is 22.5 Å². The lowest BCUT2D eigenvalue weighted by Crippen LogP contribution is -2.38. The number of nitrogens with zero attached hydrogens (tertiary/aromatic N) is 1. The number of anilines is 2. The smallest absolute Gasteiger partial charge is 0.264 e. The van der Waals surface area contributed by atoms with Crippen LogP contribution in [0.5, 0.6) is 5.75 Å². The number of amides is 1. The molecule has 0 fully saturated rings. The number of nitrogens with one attached hydrogen (secondary N) is 1. The molecule has 0 aliphatic heterocycles. The minimum absolute atomic E-state index is 0.0243. The number of benzene rings is 3. The van der Waals surface area contributed by atoms with Gasteiger partial charge in [0.2, 0.25) is 5.91 Å². The lowest BCUT2D eigenvalue weighted by atomic mass is 10.1. The molecule has 0 spiro atoms. The van der Waals surface area contributed by atoms with Gasteiger partial charge in [-0.1, -0.05) is 49.2 Å². The van der Waals surface area contributed by atoms with Gasteiger partial charge in [0, 0.05) is 10.7 Å². The zero-order valence-electron chi connectivity index (χ0n) is 19.3. The molecule has 1 N–H and O–H groups in total. The summed E-state index contributed by atoms with van der Waals surface area (Å²) in [5.74, 6) is -0.0965. The van der Waals surface area contributed by atoms with E-state index in [1.54, 1.807) is 24.3 Å². The van der Waals surface area contributed by atoms with Crippen LogP contribution >= 0.6 is 11.6 Å². The van der Waals surface area contributed by atoms with Crippen molar-refractivity contribution < 1.29 is 17.9 Å². The van der Waals surface area contributed by atoms with Gasteiger partial charge in [0.05, 0.1) is 17.2 Å². The minimum atomic E-state index is -4.08. The zero-order chi connectivity index (χ0) is 24.6. The molecule has 34 heavy (non-hydrogen) atoms. The Bertz CT molecular complexity index is 1200. The maximum Gasteiger partial charge on any atom is 0.264 e. The summed E-state index contributed by atoms with van der Waals surface area (Å²) in [7, 11) is -4.08. The van der Waals surface area contributed by atoms with Gasteiger partial charge in [-0.3, -0.25) is 9.10 Å². The molecule has 0 bridgehead atoms. The second-order valence-corrected chi connectivity index (χ2v) is 10.0. The number of hydrogen-bond acceptors (Lipinski definition) is 4. The van der Waals surface area contributed by atoms with Crippen LogP contribution in [0.4, 0.5) is 11.4 Å². The topological polar surface area (TPSA) is 75.7 Å². The average Bonchev–Trinajstić information content (AvgIpc) is 2.83. The van der Waals surface area contributed by atoms with E-state index in [4.69, 9.17) is 16.3 Å². The van der Waals surface area contributed by atoms with E-state index in [1.807, 2.05) is 31.2 Å². The summed E-state index contributed by atoms with van der Waals surface area (Å²) in [6.07, 6.45) is 3.19. The third-order valence-corrected chi connectivity index (χ3v) is 7.21. The van der Waals surface area contributed by atoms with Crippen molar-refractivity contribution in [1.29, 1.82) is 0 Å². The van der Waals surface area contributed by atoms with Crippen molar-refractivity contribution in [3.8, 4) is 5.75 Å². The first-order valence-electron chi connectivity index (χ1n) is 11.2. The van der Waals surface area contributed by atoms with Gasteiger partial charge in [0.25, 0.3) is 10.0 Å². The van der Waals surface area contributed by atoms with Crippen molar-refractivity contribution >= 4 is 38.9 Å². The molecule has 180 valence electrons. The number of ether oxygens (including phenoxy) is 1. The summed E-state index contributed by atoms with van der Waals surface area (Å²) in [5.41, 5.74) is 2.08. The lowest BCUT2D eigenvalue weighted by Gasteiger charge is -2.26. The van der Waals surface area contributed by atoms with Gasteiger partial charge in [-0.25, -0.2) is 8.42 Å². The van der Waals surface area contributed by atoms with E-state index in [2.05, 4.69) is 12.2 Å². The number of carbonyl (C=O) groups excluding carboxylic acids is 1. The number of rotatable bonds is 11. The number of halogens is 1. The monoisotopic (exact) mass is 500 g/mol. The predicted molar refractivity (Wildman–Crippen MR) is 137 cm³/mol. The molecule has 0 aliphatic carbocycles. The van der Waals surface area contributed by atoms with Gasteiger partial charge in [-0.2, -0.15) is 0 Å². The van der Waals surface area contributed by atoms with Crippen LogP contribution in [0.3, 0.4) is 0 Å². The fourth-order valence-electron chi connectivity index (χ4n) is 3.44. The van der Waals surface area contributed by atoms with Crippen LogP contribution in [0.1, 0.15) is 32.3 Å². The first kappa shape index (κ1) is 25.6. The van der Waals surface area contributed by atoms with Crippen LogP contribution < -0.4 is 14.4 Å². The molecule has 3 aromatic rings. The van der Waals surface area contributed by atoms with Gasteiger partial charge >= 0.3 is 0 Å². The highest BCUT2D eigenvalue weighted by molar-refractivity contribution is 7.92. The first-order valence-corrected chi connectivity index (χ1v) is 13.1. The van der Waals surface area contributed by atoms with Gasteiger partial charge in [0.15, 0.2) is 0 Å². The molecule has 0 saturated carbocycles. The number of unbranched alkanes of at least 4 members (excludes halogenated alkanes) is 1. The third kappa shape index (κ3) is 6.52. The van der Waals surface area contributed by atoms with Crippen LogP contribution in [0, 0.1) is 0 Å². The van der Waals surface area contributed by atoms with Crippen molar-refractivity contribution in [1.82, 2.24) is 0 Å². The van der Waals surface area contributed by atoms with Gasteiger partial charge in [-0.05, 0) is 73.9 Å². The SMILES string of the molecule is CCCCc1ccc(NC(=O)CN(c2ccccc2OCC)S(=O)(=O)c2ccc(Cl)cc2)cc1. The van der Waals surface area contributed by atoms with Gasteiger partial charge in [0.1, 0.15) is 12.3 Å². The molecule has 3 rings (SSSR count). The van der Waals surface area contributed by atoms with Gasteiger partial charge < -0.3 is 10.1 Å². The highest BCUT2D eigenvalue weighted by atomic mass is 35.5. The van der Waals surface area contributed by atoms with Crippen molar-refractivity contribution in [2.24, 2.45) is 0 Å². The fourth-order valence-corrected chi connectivity index (χ4v) is 5.00. The Hall–Kier alpha value is -3.03. The standard InChI is InChI=1S/C26H29ClN2O4S/c1-3-5-8-20-11-15-22(16-12-20)28-26(30)19-29(24-9-6-7-10-25(24)33-4-2)34(31,32)23-17-13-21(27)14-18-23/h6-7,9-18H,3-5,8,19H2,1-2H3,(H,28,30). The van der Waals surface area contributed by atoms with Crippen LogP contribution in [0.15, 0.2) is 77.7 Å². The summed E-state index contributed by atoms with van der Waals surface area (Å²) in [4.78, 5) is 13.0. The average molecular weight is 501 g/mol. The number of carbonyl (C=O) groups is 1. The van der Waals surface area contributed by atoms with Crippen molar-refractivity contribution in [2.75, 3.05) is 22.8 Å². The van der Waals surface area contributed by atoms with Crippen molar-refractivity contribution in [3.63, 3.8) is 0 Å². The molecule has 0 radical (unpaired) electrons. The lowest BCUT2D eigenvalue weighted by molar-refractivity contribution is -0.114. The zero-order valence-corrected chi connectivity index (χ0v) is 20.9. The molecular formula is C26H29ClN2O4S. The van der Waals surface area contributed by atoms with E-state index in [-0.39, 0.29) is 10.6 Å². The Morgan fingerprint density at radius 1 is 0.971 bits per heavy atom. The molecule has 0 heterocycles. The Balaban J connectivity index is 1.90. The highest BCUT2D eigenvalue weighted by Gasteiger charge is 2.29. The molecule has 1 amide bonds. The van der Waals surface area contributed by atoms with E-state index >= 15 is 0 Å². The highest BCUT2D eigenvalue weighted by Crippen LogP contribution is 2.32. The molecule has 0 unspecified atom stereocenters. The number of hydrogen-bond donors (Lipinski definition) is 1. The van der Waals surface area contributed by atoms with E-state index in [0.717, 1.165) is 23.6 Å². The van der Waals surface area contributed by atoms with E-state index in [9.17, 15) is 13.2 Å². The quantitative estimate of drug-likeness (QED) is 0.355. The largest absolute Gasteiger partial charge is 0.492 e. The Morgan fingerprint density at radius 2 is 1.65 bits per heavy atom. The Labute approximate surface area is 206 Å². The van der Waals surface area contributed by atoms with Crippen molar-refractivity contribution in [2.45, 2.75) is 38.0 Å². The van der Waals surface area contributed by atoms with Crippen LogP contribution in [0.2, 0.25) is 5.02 Å². The summed E-state index contributed by atoms with van der Waals surface area (Å²) in [5, 5.41) is 3.22. The third-order valence-electron chi connectivity index (χ3n) is 5.18. The first-order chi connectivity index (χ1) is 16.3. The summed E-state index contributed by atoms with van der Waals surface area (Å²) >= 11 is 5.95. The van der Waals surface area contributed by atoms with E-state index in [1.165, 1.54) is 29.8 Å². The maximum atomic E-state index is 13.6. The molecule has 0 atom stereocenters. The Kier molecular flexibility index (Phi) is 8.96. The van der Waals surface area contributed by atoms with Crippen molar-refractivity contribution in [3.05, 3.63) is 83.4 Å². The number of para-hydroxylation sites is 2. The summed E-state index contributed by atoms with van der Waals surface area (Å²) in [6, 6.07) is 20.2. The molecule has 0 aliphatic rings. The maximum absolute atomic E-state index is 13.6. The molecule has 3 aromatic carbocycles. The fraction of sp³-hybridized carbons (Fsp3) is 0.269. The second kappa shape index (κ2) is 11.9. The predicted octanol–water partition coefficient (Wildman–Crippen LogP) is 5.92. The summed E-state index contributed by atoms with van der Waals surface area (Å²) < 4.78 is 33.9. The van der Waals surface area contributed by atoms with E-state index in [0.29, 0.717) is 23.1 Å². The molecule has 0 saturated heterocycles. The molecule has 6 nitrogen and oxygen atoms in total.